The third-order valence-electron chi connectivity index (χ3n) is 4.68. The van der Waals surface area contributed by atoms with Crippen LogP contribution in [0.15, 0.2) is 38.6 Å². The summed E-state index contributed by atoms with van der Waals surface area (Å²) in [6.45, 7) is 0. The average Bonchev–Trinajstić information content (AvgIpc) is 3.25. The summed E-state index contributed by atoms with van der Waals surface area (Å²) in [5, 5.41) is 24.8. The number of thiophene rings is 1. The second-order valence-electron chi connectivity index (χ2n) is 6.70. The lowest BCUT2D eigenvalue weighted by atomic mass is 10.0. The van der Waals surface area contributed by atoms with Crippen LogP contribution in [0.5, 0.6) is 0 Å². The van der Waals surface area contributed by atoms with E-state index in [1.807, 2.05) is 6.07 Å². The Hall–Kier alpha value is -4.38. The lowest BCUT2D eigenvalue weighted by Crippen LogP contribution is -2.34. The van der Waals surface area contributed by atoms with Crippen molar-refractivity contribution in [2.75, 3.05) is 11.5 Å². The molecule has 0 fully saturated rings. The summed E-state index contributed by atoms with van der Waals surface area (Å²) >= 11 is 0.719. The number of para-hydroxylation sites is 1. The van der Waals surface area contributed by atoms with Gasteiger partial charge in [0.05, 0.1) is 32.8 Å². The minimum absolute atomic E-state index is 0.0269. The number of pyridine rings is 1. The fraction of sp³-hybridized carbons (Fsp3) is 0.105. The first kappa shape index (κ1) is 21.8. The number of hydrogen-bond donors (Lipinski definition) is 3. The minimum Gasteiger partial charge on any atom is -0.858 e. The molecule has 0 bridgehead atoms. The molecule has 0 aliphatic carbocycles. The third kappa shape index (κ3) is 3.53. The highest BCUT2D eigenvalue weighted by Gasteiger charge is 2.34. The minimum atomic E-state index is -4.73. The van der Waals surface area contributed by atoms with Gasteiger partial charge < -0.3 is 16.6 Å². The predicted molar refractivity (Wildman–Crippen MR) is 110 cm³/mol. The quantitative estimate of drug-likeness (QED) is 0.229. The largest absolute Gasteiger partial charge is 0.858 e. The number of aromatic amines is 1. The number of rotatable bonds is 3. The van der Waals surface area contributed by atoms with Crippen molar-refractivity contribution in [3.05, 3.63) is 50.7 Å². The van der Waals surface area contributed by atoms with Crippen molar-refractivity contribution in [3.63, 3.8) is 0 Å². The molecular formula is C19H12F3N7O3S. The number of nitriles is 1. The number of nitrogens with zero attached hydrogens (tertiary/aromatic N) is 4. The second kappa shape index (κ2) is 7.64. The summed E-state index contributed by atoms with van der Waals surface area (Å²) in [6.07, 6.45) is -4.73. The van der Waals surface area contributed by atoms with Crippen molar-refractivity contribution in [1.29, 1.82) is 5.26 Å². The number of halogens is 3. The van der Waals surface area contributed by atoms with Gasteiger partial charge in [0.15, 0.2) is 7.05 Å². The van der Waals surface area contributed by atoms with Gasteiger partial charge in [0.1, 0.15) is 22.3 Å². The zero-order chi connectivity index (χ0) is 24.1. The van der Waals surface area contributed by atoms with Crippen molar-refractivity contribution in [2.24, 2.45) is 12.0 Å². The van der Waals surface area contributed by atoms with E-state index in [9.17, 15) is 28.3 Å². The number of benzene rings is 1. The Morgan fingerprint density at radius 3 is 2.67 bits per heavy atom. The van der Waals surface area contributed by atoms with Crippen LogP contribution in [0.1, 0.15) is 16.0 Å². The smallest absolute Gasteiger partial charge is 0.435 e. The number of aromatic nitrogens is 3. The van der Waals surface area contributed by atoms with Crippen LogP contribution in [0.2, 0.25) is 0 Å². The number of nitrogens with two attached hydrogens (primary N) is 2. The number of fused-ring (bicyclic) bond motifs is 1. The molecule has 0 saturated carbocycles. The number of H-pyrrole nitrogens is 1. The summed E-state index contributed by atoms with van der Waals surface area (Å²) in [7, 11) is 1.43. The molecule has 0 aliphatic heterocycles. The fourth-order valence-electron chi connectivity index (χ4n) is 3.26. The number of nitrogen functional groups attached to an aromatic ring is 2. The Labute approximate surface area is 185 Å². The molecule has 3 heterocycles. The van der Waals surface area contributed by atoms with E-state index in [1.165, 1.54) is 23.9 Å². The van der Waals surface area contributed by atoms with Gasteiger partial charge >= 0.3 is 17.5 Å². The van der Waals surface area contributed by atoms with Crippen LogP contribution < -0.4 is 26.9 Å². The molecule has 3 aromatic heterocycles. The Bertz CT molecular complexity index is 1540. The van der Waals surface area contributed by atoms with Gasteiger partial charge in [0, 0.05) is 5.90 Å². The first-order valence-corrected chi connectivity index (χ1v) is 9.78. The monoisotopic (exact) mass is 475 g/mol. The summed E-state index contributed by atoms with van der Waals surface area (Å²) in [5.41, 5.74) is 8.97. The molecule has 0 aliphatic rings. The van der Waals surface area contributed by atoms with Gasteiger partial charge in [0.2, 0.25) is 0 Å². The molecule has 1 aromatic carbocycles. The highest BCUT2D eigenvalue weighted by atomic mass is 32.1. The number of alkyl halides is 3. The maximum atomic E-state index is 13.3. The lowest BCUT2D eigenvalue weighted by molar-refractivity contribution is -0.730. The van der Waals surface area contributed by atoms with Gasteiger partial charge in [-0.2, -0.15) is 18.4 Å². The van der Waals surface area contributed by atoms with E-state index < -0.39 is 29.0 Å². The van der Waals surface area contributed by atoms with E-state index in [1.54, 1.807) is 0 Å². The Balaban J connectivity index is 2.01. The molecule has 0 atom stereocenters. The molecule has 10 nitrogen and oxygen atoms in total. The van der Waals surface area contributed by atoms with Crippen LogP contribution in [0, 0.1) is 11.3 Å². The molecule has 4 aromatic rings. The van der Waals surface area contributed by atoms with Gasteiger partial charge in [0.25, 0.3) is 0 Å². The Morgan fingerprint density at radius 1 is 1.36 bits per heavy atom. The molecule has 33 heavy (non-hydrogen) atoms. The molecule has 168 valence electrons. The average molecular weight is 475 g/mol. The Kier molecular flexibility index (Phi) is 5.05. The summed E-state index contributed by atoms with van der Waals surface area (Å²) in [4.78, 5) is 19.8. The molecular weight excluding hydrogens is 463 g/mol. The molecule has 0 spiro atoms. The number of anilines is 2. The second-order valence-corrected chi connectivity index (χ2v) is 7.70. The van der Waals surface area contributed by atoms with E-state index in [-0.39, 0.29) is 43.4 Å². The molecule has 0 radical (unpaired) electrons. The number of nitrogens with one attached hydrogen (secondary N) is 1. The molecule has 14 heteroatoms. The zero-order valence-corrected chi connectivity index (χ0v) is 17.3. The van der Waals surface area contributed by atoms with Crippen molar-refractivity contribution in [1.82, 2.24) is 10.3 Å². The van der Waals surface area contributed by atoms with Gasteiger partial charge in [-0.25, -0.2) is 9.78 Å². The van der Waals surface area contributed by atoms with Crippen molar-refractivity contribution >= 4 is 44.6 Å². The topological polar surface area (TPSA) is 174 Å². The van der Waals surface area contributed by atoms with Crippen molar-refractivity contribution in [3.8, 4) is 17.3 Å². The van der Waals surface area contributed by atoms with E-state index in [4.69, 9.17) is 16.0 Å². The summed E-state index contributed by atoms with van der Waals surface area (Å²) in [6, 6.07) is 6.17. The van der Waals surface area contributed by atoms with Gasteiger partial charge in [-0.15, -0.1) is 11.3 Å². The SMILES string of the molecule is C[n+]1[nH]oc(=O)c1-c1c(C#N)c(N)nc2sc(C([O-])=Nc3ccccc3C(F)(F)F)c(N)c12. The van der Waals surface area contributed by atoms with Crippen LogP contribution in [0.25, 0.3) is 21.5 Å². The standard InChI is InChI=1S/C19H12F3N7O3S/c1-29-13(18(31)32-28-29)10-7(6-23)15(25)27-17-11(10)12(24)14(33-17)16(30)26-9-5-3-2-4-8(9)19(20,21)22/h2-5H,1H3,(H5-,24,25,26,27,28,30,31). The maximum absolute atomic E-state index is 13.3. The first-order valence-electron chi connectivity index (χ1n) is 8.96. The maximum Gasteiger partial charge on any atom is 0.435 e. The van der Waals surface area contributed by atoms with E-state index in [0.29, 0.717) is 0 Å². The van der Waals surface area contributed by atoms with Gasteiger partial charge in [-0.05, 0) is 17.4 Å². The van der Waals surface area contributed by atoms with E-state index in [2.05, 4.69) is 15.2 Å². The highest BCUT2D eigenvalue weighted by molar-refractivity contribution is 7.21. The van der Waals surface area contributed by atoms with Crippen molar-refractivity contribution in [2.45, 2.75) is 6.18 Å². The number of aliphatic imine (C=N–C) groups is 1. The molecule has 5 N–H and O–H groups in total. The Morgan fingerprint density at radius 2 is 2.06 bits per heavy atom. The summed E-state index contributed by atoms with van der Waals surface area (Å²) in [5.74, 6) is -1.29. The van der Waals surface area contributed by atoms with E-state index in [0.717, 1.165) is 23.5 Å². The normalized spacial score (nSPS) is 12.3. The lowest BCUT2D eigenvalue weighted by Gasteiger charge is -2.13. The highest BCUT2D eigenvalue weighted by Crippen LogP contribution is 2.42. The van der Waals surface area contributed by atoms with E-state index >= 15 is 0 Å². The molecule has 0 unspecified atom stereocenters. The number of aryl methyl sites for hydroxylation is 1. The van der Waals surface area contributed by atoms with Crippen LogP contribution in [-0.2, 0) is 13.2 Å². The molecule has 0 amide bonds. The number of hydrogen-bond acceptors (Lipinski definition) is 9. The molecule has 4 rings (SSSR count). The van der Waals surface area contributed by atoms with Gasteiger partial charge in [-0.3, -0.25) is 9.52 Å². The predicted octanol–water partition coefficient (Wildman–Crippen LogP) is 1.56. The van der Waals surface area contributed by atoms with Crippen LogP contribution in [0.3, 0.4) is 0 Å². The fourth-order valence-corrected chi connectivity index (χ4v) is 4.26. The van der Waals surface area contributed by atoms with Crippen LogP contribution >= 0.6 is 11.3 Å². The first-order chi connectivity index (χ1) is 15.5. The van der Waals surface area contributed by atoms with Gasteiger partial charge in [-0.1, -0.05) is 16.8 Å². The van der Waals surface area contributed by atoms with Crippen LogP contribution in [-0.4, -0.2) is 16.2 Å². The molecule has 0 saturated heterocycles. The van der Waals surface area contributed by atoms with Crippen LogP contribution in [0.4, 0.5) is 30.4 Å². The zero-order valence-electron chi connectivity index (χ0n) is 16.5. The van der Waals surface area contributed by atoms with Crippen molar-refractivity contribution < 1.29 is 27.5 Å². The summed E-state index contributed by atoms with van der Waals surface area (Å²) < 4.78 is 45.7. The third-order valence-corrected chi connectivity index (χ3v) is 5.77.